The molecule has 152 valence electrons. The summed E-state index contributed by atoms with van der Waals surface area (Å²) in [4.78, 5) is 6.74. The van der Waals surface area contributed by atoms with Gasteiger partial charge < -0.3 is 19.7 Å². The molecule has 1 fully saturated rings. The van der Waals surface area contributed by atoms with E-state index >= 15 is 0 Å². The smallest absolute Gasteiger partial charge is 0.194 e. The zero-order valence-electron chi connectivity index (χ0n) is 17.1. The Morgan fingerprint density at radius 1 is 1.36 bits per heavy atom. The Balaban J connectivity index is 1.60. The molecule has 1 aliphatic heterocycles. The van der Waals surface area contributed by atoms with Crippen molar-refractivity contribution in [3.05, 3.63) is 53.3 Å². The maximum absolute atomic E-state index is 5.94. The highest BCUT2D eigenvalue weighted by molar-refractivity contribution is 5.80. The molecular weight excluding hydrogens is 354 g/mol. The third kappa shape index (κ3) is 5.33. The van der Waals surface area contributed by atoms with Crippen molar-refractivity contribution in [2.75, 3.05) is 33.4 Å². The topological polar surface area (TPSA) is 63.9 Å². The molecule has 0 spiro atoms. The minimum atomic E-state index is 0.00994. The Morgan fingerprint density at radius 2 is 2.18 bits per heavy atom. The van der Waals surface area contributed by atoms with Crippen molar-refractivity contribution in [1.29, 1.82) is 0 Å². The van der Waals surface area contributed by atoms with Gasteiger partial charge in [0.25, 0.3) is 0 Å². The van der Waals surface area contributed by atoms with E-state index in [1.807, 2.05) is 31.2 Å². The van der Waals surface area contributed by atoms with Crippen LogP contribution in [0.1, 0.15) is 36.1 Å². The first-order valence-corrected chi connectivity index (χ1v) is 9.91. The first-order chi connectivity index (χ1) is 13.7. The lowest BCUT2D eigenvalue weighted by Crippen LogP contribution is -2.48. The Morgan fingerprint density at radius 3 is 2.89 bits per heavy atom. The molecule has 0 amide bonds. The average molecular weight is 386 g/mol. The number of aromatic nitrogens is 2. The minimum Gasteiger partial charge on any atom is -0.377 e. The highest BCUT2D eigenvalue weighted by Gasteiger charge is 2.25. The van der Waals surface area contributed by atoms with E-state index in [0.29, 0.717) is 19.8 Å². The maximum atomic E-state index is 5.94. The first kappa shape index (κ1) is 20.4. The Hall–Kier alpha value is -2.38. The quantitative estimate of drug-likeness (QED) is 0.451. The molecule has 28 heavy (non-hydrogen) atoms. The molecule has 1 aromatic carbocycles. The summed E-state index contributed by atoms with van der Waals surface area (Å²) in [5.41, 5.74) is 3.55. The van der Waals surface area contributed by atoms with Gasteiger partial charge in [0.1, 0.15) is 6.10 Å². The minimum absolute atomic E-state index is 0.00994. The van der Waals surface area contributed by atoms with Gasteiger partial charge in [-0.1, -0.05) is 31.2 Å². The van der Waals surface area contributed by atoms with Crippen molar-refractivity contribution in [1.82, 2.24) is 20.0 Å². The number of benzene rings is 1. The van der Waals surface area contributed by atoms with Crippen molar-refractivity contribution in [3.63, 3.8) is 0 Å². The number of morpholine rings is 1. The molecule has 2 heterocycles. The predicted molar refractivity (Wildman–Crippen MR) is 110 cm³/mol. The number of aliphatic imine (C=N–C) groups is 1. The highest BCUT2D eigenvalue weighted by atomic mass is 16.5. The van der Waals surface area contributed by atoms with Gasteiger partial charge in [-0.15, -0.1) is 0 Å². The lowest BCUT2D eigenvalue weighted by atomic mass is 10.1. The van der Waals surface area contributed by atoms with E-state index in [1.54, 1.807) is 0 Å². The summed E-state index contributed by atoms with van der Waals surface area (Å²) in [6, 6.07) is 8.39. The van der Waals surface area contributed by atoms with Crippen molar-refractivity contribution >= 4 is 5.96 Å². The molecule has 0 radical (unpaired) electrons. The zero-order valence-corrected chi connectivity index (χ0v) is 17.1. The SMILES string of the molecule is CCCOCc1ccccc1CNC(=NC)N1CCOC(c2cnn(C)c2)C1. The Kier molecular flexibility index (Phi) is 7.45. The first-order valence-electron chi connectivity index (χ1n) is 9.91. The zero-order chi connectivity index (χ0) is 19.8. The fourth-order valence-corrected chi connectivity index (χ4v) is 3.35. The second-order valence-electron chi connectivity index (χ2n) is 6.97. The summed E-state index contributed by atoms with van der Waals surface area (Å²) in [6.07, 6.45) is 4.92. The summed E-state index contributed by atoms with van der Waals surface area (Å²) in [5.74, 6) is 0.890. The normalized spacial score (nSPS) is 17.8. The van der Waals surface area contributed by atoms with Crippen LogP contribution in [0.4, 0.5) is 0 Å². The van der Waals surface area contributed by atoms with E-state index in [2.05, 4.69) is 51.5 Å². The van der Waals surface area contributed by atoms with Crippen LogP contribution >= 0.6 is 0 Å². The second kappa shape index (κ2) is 10.2. The number of aryl methyl sites for hydroxylation is 1. The van der Waals surface area contributed by atoms with Crippen LogP contribution in [0.5, 0.6) is 0 Å². The number of guanidine groups is 1. The summed E-state index contributed by atoms with van der Waals surface area (Å²) in [7, 11) is 3.75. The van der Waals surface area contributed by atoms with Gasteiger partial charge in [-0.2, -0.15) is 5.10 Å². The molecule has 0 bridgehead atoms. The molecule has 1 aromatic heterocycles. The molecule has 1 atom stereocenters. The number of rotatable bonds is 7. The van der Waals surface area contributed by atoms with Gasteiger partial charge in [-0.05, 0) is 17.5 Å². The van der Waals surface area contributed by atoms with Gasteiger partial charge in [0.2, 0.25) is 0 Å². The van der Waals surface area contributed by atoms with Crippen molar-refractivity contribution in [3.8, 4) is 0 Å². The number of ether oxygens (including phenoxy) is 2. The number of nitrogens with zero attached hydrogens (tertiary/aromatic N) is 4. The fourth-order valence-electron chi connectivity index (χ4n) is 3.35. The van der Waals surface area contributed by atoms with Crippen LogP contribution in [0, 0.1) is 0 Å². The van der Waals surface area contributed by atoms with Crippen LogP contribution in [0.3, 0.4) is 0 Å². The summed E-state index contributed by atoms with van der Waals surface area (Å²) >= 11 is 0. The van der Waals surface area contributed by atoms with Crippen LogP contribution in [0.15, 0.2) is 41.7 Å². The highest BCUT2D eigenvalue weighted by Crippen LogP contribution is 2.21. The molecule has 1 unspecified atom stereocenters. The third-order valence-corrected chi connectivity index (χ3v) is 4.84. The molecular formula is C21H31N5O2. The molecule has 7 nitrogen and oxygen atoms in total. The lowest BCUT2D eigenvalue weighted by Gasteiger charge is -2.34. The van der Waals surface area contributed by atoms with Crippen LogP contribution in [-0.4, -0.2) is 54.0 Å². The standard InChI is InChI=1S/C21H31N5O2/c1-4-10-27-16-18-8-6-5-7-17(18)12-23-21(22-2)26-9-11-28-20(15-26)19-13-24-25(3)14-19/h5-8,13-14,20H,4,9-12,15-16H2,1-3H3,(H,22,23). The maximum Gasteiger partial charge on any atom is 0.194 e. The molecule has 1 aliphatic rings. The molecule has 1 saturated heterocycles. The lowest BCUT2D eigenvalue weighted by molar-refractivity contribution is -0.00805. The van der Waals surface area contributed by atoms with Crippen LogP contribution in [0.2, 0.25) is 0 Å². The van der Waals surface area contributed by atoms with Gasteiger partial charge in [0.15, 0.2) is 5.96 Å². The summed E-state index contributed by atoms with van der Waals surface area (Å²) in [6.45, 7) is 6.51. The van der Waals surface area contributed by atoms with E-state index < -0.39 is 0 Å². The van der Waals surface area contributed by atoms with E-state index in [4.69, 9.17) is 9.47 Å². The third-order valence-electron chi connectivity index (χ3n) is 4.84. The number of hydrogen-bond donors (Lipinski definition) is 1. The van der Waals surface area contributed by atoms with E-state index in [0.717, 1.165) is 37.6 Å². The van der Waals surface area contributed by atoms with Crippen molar-refractivity contribution in [2.45, 2.75) is 32.6 Å². The number of nitrogens with one attached hydrogen (secondary N) is 1. The molecule has 2 aromatic rings. The largest absolute Gasteiger partial charge is 0.377 e. The van der Waals surface area contributed by atoms with Crippen LogP contribution < -0.4 is 5.32 Å². The van der Waals surface area contributed by atoms with Crippen molar-refractivity contribution in [2.24, 2.45) is 12.0 Å². The van der Waals surface area contributed by atoms with E-state index in [9.17, 15) is 0 Å². The average Bonchev–Trinajstić information content (AvgIpc) is 3.16. The molecule has 7 heteroatoms. The molecule has 1 N–H and O–H groups in total. The van der Waals surface area contributed by atoms with Gasteiger partial charge in [0.05, 0.1) is 26.0 Å². The summed E-state index contributed by atoms with van der Waals surface area (Å²) < 4.78 is 13.5. The Bertz CT molecular complexity index is 774. The van der Waals surface area contributed by atoms with Crippen LogP contribution in [-0.2, 0) is 29.7 Å². The van der Waals surface area contributed by atoms with Gasteiger partial charge in [-0.25, -0.2) is 0 Å². The Labute approximate surface area is 167 Å². The van der Waals surface area contributed by atoms with Gasteiger partial charge in [-0.3, -0.25) is 9.67 Å². The van der Waals surface area contributed by atoms with E-state index in [1.165, 1.54) is 11.1 Å². The van der Waals surface area contributed by atoms with E-state index in [-0.39, 0.29) is 6.10 Å². The molecule has 3 rings (SSSR count). The fraction of sp³-hybridized carbons (Fsp3) is 0.524. The monoisotopic (exact) mass is 385 g/mol. The molecule has 0 aliphatic carbocycles. The number of hydrogen-bond acceptors (Lipinski definition) is 4. The van der Waals surface area contributed by atoms with Crippen molar-refractivity contribution < 1.29 is 9.47 Å². The summed E-state index contributed by atoms with van der Waals surface area (Å²) in [5, 5.41) is 7.77. The molecule has 0 saturated carbocycles. The van der Waals surface area contributed by atoms with Gasteiger partial charge in [0, 0.05) is 45.6 Å². The van der Waals surface area contributed by atoms with Crippen LogP contribution in [0.25, 0.3) is 0 Å². The van der Waals surface area contributed by atoms with Gasteiger partial charge >= 0.3 is 0 Å². The predicted octanol–water partition coefficient (Wildman–Crippen LogP) is 2.50. The second-order valence-corrected chi connectivity index (χ2v) is 6.97.